The summed E-state index contributed by atoms with van der Waals surface area (Å²) in [6.45, 7) is 7.22. The van der Waals surface area contributed by atoms with Crippen molar-refractivity contribution in [3.8, 4) is 0 Å². The molecular weight excluding hydrogens is 474 g/mol. The van der Waals surface area contributed by atoms with Gasteiger partial charge in [0.25, 0.3) is 0 Å². The van der Waals surface area contributed by atoms with Gasteiger partial charge in [0.2, 0.25) is 0 Å². The Morgan fingerprint density at radius 1 is 1.00 bits per heavy atom. The average molecular weight is 516 g/mol. The minimum atomic E-state index is -1.02. The number of hydrogen-bond donors (Lipinski definition) is 1. The van der Waals surface area contributed by atoms with E-state index in [1.165, 1.54) is 19.3 Å². The lowest BCUT2D eigenvalue weighted by Crippen LogP contribution is -2.55. The highest BCUT2D eigenvalue weighted by atomic mass is 16.6. The van der Waals surface area contributed by atoms with Gasteiger partial charge in [0, 0.05) is 17.9 Å². The standard InChI is InChI=1S/C33H41NO4/c1-22-10-9-17-31(2)20-27-28(29-33(22,31)38-29)26(30(35)37-27)21-34-18-15-25(16-19-34)32(36,23-11-5-3-6-12-23)24-13-7-4-8-14-24/h3-8,11-14,22,25-29,36H,9-10,15-21H2,1-2H3/t22-,26+,27-,28+,29+,31+,33-/m1/s1. The van der Waals surface area contributed by atoms with Gasteiger partial charge in [0.05, 0.1) is 12.0 Å². The van der Waals surface area contributed by atoms with Crippen molar-refractivity contribution in [1.82, 2.24) is 4.90 Å². The molecule has 3 heterocycles. The molecule has 1 N–H and O–H groups in total. The number of likely N-dealkylation sites (tertiary alicyclic amines) is 1. The zero-order chi connectivity index (χ0) is 26.1. The van der Waals surface area contributed by atoms with Gasteiger partial charge in [-0.15, -0.1) is 0 Å². The number of hydrogen-bond acceptors (Lipinski definition) is 5. The summed E-state index contributed by atoms with van der Waals surface area (Å²) in [5.74, 6) is 0.710. The first-order valence-corrected chi connectivity index (χ1v) is 14.8. The van der Waals surface area contributed by atoms with Crippen LogP contribution in [-0.4, -0.2) is 53.4 Å². The molecule has 2 saturated carbocycles. The van der Waals surface area contributed by atoms with Gasteiger partial charge in [0.15, 0.2) is 0 Å². The summed E-state index contributed by atoms with van der Waals surface area (Å²) in [7, 11) is 0. The van der Waals surface area contributed by atoms with Gasteiger partial charge in [-0.05, 0) is 68.2 Å². The van der Waals surface area contributed by atoms with Crippen LogP contribution < -0.4 is 0 Å². The van der Waals surface area contributed by atoms with Crippen molar-refractivity contribution in [2.45, 2.75) is 75.8 Å². The Hall–Kier alpha value is -2.21. The van der Waals surface area contributed by atoms with Gasteiger partial charge in [-0.25, -0.2) is 0 Å². The van der Waals surface area contributed by atoms with E-state index < -0.39 is 5.60 Å². The molecule has 38 heavy (non-hydrogen) atoms. The number of epoxide rings is 1. The van der Waals surface area contributed by atoms with Crippen molar-refractivity contribution in [2.75, 3.05) is 19.6 Å². The van der Waals surface area contributed by atoms with Gasteiger partial charge in [-0.1, -0.05) is 80.9 Å². The van der Waals surface area contributed by atoms with Crippen LogP contribution in [0, 0.1) is 29.1 Å². The molecule has 7 atom stereocenters. The monoisotopic (exact) mass is 515 g/mol. The molecule has 2 aromatic rings. The van der Waals surface area contributed by atoms with Crippen LogP contribution in [0.25, 0.3) is 0 Å². The molecule has 3 saturated heterocycles. The third kappa shape index (κ3) is 3.51. The van der Waals surface area contributed by atoms with Crippen molar-refractivity contribution < 1.29 is 19.4 Å². The first-order valence-electron chi connectivity index (χ1n) is 14.8. The Kier molecular flexibility index (Phi) is 5.81. The minimum Gasteiger partial charge on any atom is -0.462 e. The molecule has 0 bridgehead atoms. The summed E-state index contributed by atoms with van der Waals surface area (Å²) in [4.78, 5) is 15.7. The largest absolute Gasteiger partial charge is 0.462 e. The number of benzene rings is 2. The lowest BCUT2D eigenvalue weighted by molar-refractivity contribution is -0.146. The number of ether oxygens (including phenoxy) is 2. The predicted molar refractivity (Wildman–Crippen MR) is 145 cm³/mol. The van der Waals surface area contributed by atoms with Crippen molar-refractivity contribution in [2.24, 2.45) is 29.1 Å². The molecule has 202 valence electrons. The van der Waals surface area contributed by atoms with Crippen LogP contribution >= 0.6 is 0 Å². The zero-order valence-electron chi connectivity index (χ0n) is 22.7. The number of fused-ring (bicyclic) bond motifs is 2. The quantitative estimate of drug-likeness (QED) is 0.440. The number of nitrogens with zero attached hydrogens (tertiary/aromatic N) is 1. The van der Waals surface area contributed by atoms with E-state index in [-0.39, 0.29) is 46.9 Å². The fraction of sp³-hybridized carbons (Fsp3) is 0.606. The molecule has 5 fully saturated rings. The lowest BCUT2D eigenvalue weighted by Gasteiger charge is -2.49. The topological polar surface area (TPSA) is 62.3 Å². The van der Waals surface area contributed by atoms with Crippen molar-refractivity contribution >= 4 is 5.97 Å². The van der Waals surface area contributed by atoms with E-state index in [4.69, 9.17) is 9.47 Å². The third-order valence-corrected chi connectivity index (χ3v) is 11.3. The predicted octanol–water partition coefficient (Wildman–Crippen LogP) is 5.16. The molecule has 7 rings (SSSR count). The summed E-state index contributed by atoms with van der Waals surface area (Å²) >= 11 is 0. The Bertz CT molecular complexity index is 1140. The van der Waals surface area contributed by atoms with Gasteiger partial charge >= 0.3 is 5.97 Å². The second kappa shape index (κ2) is 8.90. The summed E-state index contributed by atoms with van der Waals surface area (Å²) in [5.41, 5.74) is 0.965. The molecule has 2 aliphatic carbocycles. The zero-order valence-corrected chi connectivity index (χ0v) is 22.7. The summed E-state index contributed by atoms with van der Waals surface area (Å²) in [5, 5.41) is 12.2. The Labute approximate surface area is 226 Å². The van der Waals surface area contributed by atoms with E-state index in [9.17, 15) is 9.90 Å². The van der Waals surface area contributed by atoms with Crippen LogP contribution in [0.2, 0.25) is 0 Å². The number of aliphatic hydroxyl groups is 1. The number of esters is 1. The fourth-order valence-electron chi connectivity index (χ4n) is 9.28. The maximum Gasteiger partial charge on any atom is 0.311 e. The van der Waals surface area contributed by atoms with Crippen LogP contribution in [0.5, 0.6) is 0 Å². The van der Waals surface area contributed by atoms with Crippen LogP contribution in [0.1, 0.15) is 63.5 Å². The maximum atomic E-state index is 13.2. The molecule has 5 heteroatoms. The number of carbonyl (C=O) groups excluding carboxylic acids is 1. The number of piperidine rings is 1. The highest BCUT2D eigenvalue weighted by molar-refractivity contribution is 5.76. The Morgan fingerprint density at radius 2 is 1.63 bits per heavy atom. The van der Waals surface area contributed by atoms with Gasteiger partial charge in [-0.3, -0.25) is 4.79 Å². The average Bonchev–Trinajstić information content (AvgIpc) is 3.63. The molecule has 0 aromatic heterocycles. The highest BCUT2D eigenvalue weighted by Gasteiger charge is 2.78. The van der Waals surface area contributed by atoms with E-state index in [0.29, 0.717) is 5.92 Å². The molecule has 5 aliphatic rings. The van der Waals surface area contributed by atoms with E-state index in [1.807, 2.05) is 60.7 Å². The fourth-order valence-corrected chi connectivity index (χ4v) is 9.28. The molecule has 1 spiro atoms. The normalized spacial score (nSPS) is 39.1. The summed E-state index contributed by atoms with van der Waals surface area (Å²) in [6.07, 6.45) is 6.53. The molecule has 0 amide bonds. The number of rotatable bonds is 5. The highest BCUT2D eigenvalue weighted by Crippen LogP contribution is 2.70. The van der Waals surface area contributed by atoms with Crippen LogP contribution in [-0.2, 0) is 19.9 Å². The van der Waals surface area contributed by atoms with Gasteiger partial charge in [0.1, 0.15) is 17.3 Å². The lowest BCUT2D eigenvalue weighted by atomic mass is 9.53. The maximum absolute atomic E-state index is 13.2. The van der Waals surface area contributed by atoms with E-state index >= 15 is 0 Å². The molecule has 2 aromatic carbocycles. The van der Waals surface area contributed by atoms with Crippen molar-refractivity contribution in [1.29, 1.82) is 0 Å². The first-order chi connectivity index (χ1) is 18.4. The summed E-state index contributed by atoms with van der Waals surface area (Å²) in [6, 6.07) is 20.2. The second-order valence-corrected chi connectivity index (χ2v) is 13.1. The Balaban J connectivity index is 1.07. The van der Waals surface area contributed by atoms with Gasteiger partial charge < -0.3 is 19.5 Å². The van der Waals surface area contributed by atoms with E-state index in [2.05, 4.69) is 18.7 Å². The van der Waals surface area contributed by atoms with Crippen LogP contribution in [0.15, 0.2) is 60.7 Å². The van der Waals surface area contributed by atoms with Crippen LogP contribution in [0.4, 0.5) is 0 Å². The minimum absolute atomic E-state index is 0.00205. The SMILES string of the molecule is C[C@@H]1CCC[C@@]2(C)C[C@H]3OC(=O)[C@@H](CN4CCC(C(O)(c5ccccc5)c5ccccc5)CC4)[C@@H]3[C@@H]3O[C@]132. The molecule has 5 nitrogen and oxygen atoms in total. The van der Waals surface area contributed by atoms with Crippen molar-refractivity contribution in [3.05, 3.63) is 71.8 Å². The van der Waals surface area contributed by atoms with Gasteiger partial charge in [-0.2, -0.15) is 0 Å². The first kappa shape index (κ1) is 24.8. The van der Waals surface area contributed by atoms with E-state index in [1.54, 1.807) is 0 Å². The Morgan fingerprint density at radius 3 is 2.26 bits per heavy atom. The van der Waals surface area contributed by atoms with Crippen LogP contribution in [0.3, 0.4) is 0 Å². The van der Waals surface area contributed by atoms with Crippen molar-refractivity contribution in [3.63, 3.8) is 0 Å². The molecule has 3 aliphatic heterocycles. The second-order valence-electron chi connectivity index (χ2n) is 13.1. The molecule has 0 unspecified atom stereocenters. The number of carbonyl (C=O) groups is 1. The molecular formula is C33H41NO4. The van der Waals surface area contributed by atoms with E-state index in [0.717, 1.165) is 50.0 Å². The third-order valence-electron chi connectivity index (χ3n) is 11.3. The smallest absolute Gasteiger partial charge is 0.311 e. The summed E-state index contributed by atoms with van der Waals surface area (Å²) < 4.78 is 12.7. The molecule has 0 radical (unpaired) electrons.